The number of amides is 1. The third-order valence-electron chi connectivity index (χ3n) is 3.18. The van der Waals surface area contributed by atoms with Gasteiger partial charge >= 0.3 is 0 Å². The van der Waals surface area contributed by atoms with Crippen LogP contribution in [0.5, 0.6) is 0 Å². The normalized spacial score (nSPS) is 15.0. The zero-order valence-corrected chi connectivity index (χ0v) is 11.8. The van der Waals surface area contributed by atoms with Crippen LogP contribution < -0.4 is 0 Å². The zero-order chi connectivity index (χ0) is 15.1. The highest BCUT2D eigenvalue weighted by molar-refractivity contribution is 5.96. The number of halogens is 1. The van der Waals surface area contributed by atoms with E-state index in [0.29, 0.717) is 43.9 Å². The predicted molar refractivity (Wildman–Crippen MR) is 76.3 cm³/mol. The first-order valence-corrected chi connectivity index (χ1v) is 6.98. The molecular weight excluding hydrogens is 273 g/mol. The Hall–Kier alpha value is -1.90. The highest BCUT2D eigenvalue weighted by Gasteiger charge is 2.20. The molecule has 5 heteroatoms. The maximum Gasteiger partial charge on any atom is 0.255 e. The van der Waals surface area contributed by atoms with Gasteiger partial charge in [-0.05, 0) is 24.6 Å². The van der Waals surface area contributed by atoms with E-state index in [-0.39, 0.29) is 12.5 Å². The van der Waals surface area contributed by atoms with Gasteiger partial charge in [-0.3, -0.25) is 4.79 Å². The Balaban J connectivity index is 2.25. The molecular formula is C16H18FNO3. The molecule has 0 saturated carbocycles. The maximum atomic E-state index is 13.4. The van der Waals surface area contributed by atoms with Gasteiger partial charge in [0.2, 0.25) is 0 Å². The van der Waals surface area contributed by atoms with Crippen LogP contribution in [0.1, 0.15) is 28.8 Å². The summed E-state index contributed by atoms with van der Waals surface area (Å²) in [4.78, 5) is 14.3. The molecule has 1 aromatic rings. The fraction of sp³-hybridized carbons (Fsp3) is 0.438. The molecule has 1 N–H and O–H groups in total. The summed E-state index contributed by atoms with van der Waals surface area (Å²) >= 11 is 0. The molecule has 1 fully saturated rings. The molecule has 0 spiro atoms. The fourth-order valence-electron chi connectivity index (χ4n) is 2.14. The van der Waals surface area contributed by atoms with Crippen molar-refractivity contribution < 1.29 is 19.0 Å². The van der Waals surface area contributed by atoms with Crippen molar-refractivity contribution in [1.82, 2.24) is 4.90 Å². The Morgan fingerprint density at radius 1 is 1.38 bits per heavy atom. The largest absolute Gasteiger partial charge is 0.395 e. The van der Waals surface area contributed by atoms with E-state index < -0.39 is 5.82 Å². The van der Waals surface area contributed by atoms with Crippen molar-refractivity contribution >= 4 is 5.91 Å². The molecule has 1 heterocycles. The van der Waals surface area contributed by atoms with Crippen LogP contribution in [0.2, 0.25) is 0 Å². The quantitative estimate of drug-likeness (QED) is 0.839. The predicted octanol–water partition coefficient (Wildman–Crippen LogP) is 1.42. The maximum absolute atomic E-state index is 13.4. The Labute approximate surface area is 123 Å². The number of ether oxygens (including phenoxy) is 1. The van der Waals surface area contributed by atoms with Gasteiger partial charge in [0.05, 0.1) is 18.8 Å². The summed E-state index contributed by atoms with van der Waals surface area (Å²) in [7, 11) is 0. The number of aliphatic hydroxyl groups is 1. The molecule has 2 rings (SSSR count). The summed E-state index contributed by atoms with van der Waals surface area (Å²) in [6.45, 7) is 2.25. The third kappa shape index (κ3) is 4.28. The number of hydrogen-bond donors (Lipinski definition) is 1. The van der Waals surface area contributed by atoms with Gasteiger partial charge in [-0.2, -0.15) is 0 Å². The van der Waals surface area contributed by atoms with E-state index in [1.165, 1.54) is 18.2 Å². The fourth-order valence-corrected chi connectivity index (χ4v) is 2.14. The van der Waals surface area contributed by atoms with Gasteiger partial charge < -0.3 is 14.7 Å². The van der Waals surface area contributed by atoms with Crippen molar-refractivity contribution in [2.45, 2.75) is 12.8 Å². The summed E-state index contributed by atoms with van der Waals surface area (Å²) in [6, 6.07) is 3.98. The monoisotopic (exact) mass is 291 g/mol. The summed E-state index contributed by atoms with van der Waals surface area (Å²) in [5.74, 6) is 4.90. The van der Waals surface area contributed by atoms with Crippen molar-refractivity contribution in [3.05, 3.63) is 35.1 Å². The number of nitrogens with zero attached hydrogens (tertiary/aromatic N) is 1. The minimum absolute atomic E-state index is 0.0605. The van der Waals surface area contributed by atoms with Crippen molar-refractivity contribution in [3.63, 3.8) is 0 Å². The second-order valence-electron chi connectivity index (χ2n) is 4.72. The Morgan fingerprint density at radius 2 is 2.24 bits per heavy atom. The molecule has 1 amide bonds. The molecule has 0 unspecified atom stereocenters. The molecule has 4 nitrogen and oxygen atoms in total. The van der Waals surface area contributed by atoms with Gasteiger partial charge in [0.1, 0.15) is 5.82 Å². The number of benzene rings is 1. The first-order chi connectivity index (χ1) is 10.2. The van der Waals surface area contributed by atoms with Crippen molar-refractivity contribution in [2.75, 3.05) is 32.9 Å². The van der Waals surface area contributed by atoms with Crippen molar-refractivity contribution in [2.24, 2.45) is 0 Å². The lowest BCUT2D eigenvalue weighted by molar-refractivity contribution is 0.0741. The van der Waals surface area contributed by atoms with E-state index in [9.17, 15) is 9.18 Å². The molecule has 21 heavy (non-hydrogen) atoms. The van der Waals surface area contributed by atoms with Gasteiger partial charge in [0, 0.05) is 31.7 Å². The zero-order valence-electron chi connectivity index (χ0n) is 11.8. The topological polar surface area (TPSA) is 49.8 Å². The summed E-state index contributed by atoms with van der Waals surface area (Å²) < 4.78 is 18.7. The molecule has 0 radical (unpaired) electrons. The van der Waals surface area contributed by atoms with Crippen LogP contribution in [0, 0.1) is 17.7 Å². The lowest BCUT2D eigenvalue weighted by Gasteiger charge is -2.20. The van der Waals surface area contributed by atoms with Crippen LogP contribution in [0.15, 0.2) is 18.2 Å². The van der Waals surface area contributed by atoms with Gasteiger partial charge in [-0.25, -0.2) is 4.39 Å². The molecule has 0 atom stereocenters. The van der Waals surface area contributed by atoms with E-state index in [2.05, 4.69) is 11.8 Å². The molecule has 0 aromatic heterocycles. The van der Waals surface area contributed by atoms with Gasteiger partial charge in [0.15, 0.2) is 0 Å². The average Bonchev–Trinajstić information content (AvgIpc) is 2.76. The lowest BCUT2D eigenvalue weighted by atomic mass is 10.1. The average molecular weight is 291 g/mol. The third-order valence-corrected chi connectivity index (χ3v) is 3.18. The lowest BCUT2D eigenvalue weighted by Crippen LogP contribution is -2.33. The van der Waals surface area contributed by atoms with Gasteiger partial charge in [-0.15, -0.1) is 0 Å². The number of hydrogen-bond acceptors (Lipinski definition) is 3. The molecule has 112 valence electrons. The molecule has 0 bridgehead atoms. The molecule has 1 saturated heterocycles. The van der Waals surface area contributed by atoms with Gasteiger partial charge in [0.25, 0.3) is 5.91 Å². The van der Waals surface area contributed by atoms with Crippen LogP contribution in [0.3, 0.4) is 0 Å². The second-order valence-corrected chi connectivity index (χ2v) is 4.72. The second kappa shape index (κ2) is 7.77. The SMILES string of the molecule is O=C(c1ccc(F)cc1C#CCCO)N1CCCOCC1. The Kier molecular flexibility index (Phi) is 5.73. The van der Waals surface area contributed by atoms with E-state index in [0.717, 1.165) is 6.42 Å². The molecule has 0 aliphatic carbocycles. The van der Waals surface area contributed by atoms with Crippen LogP contribution in [0.4, 0.5) is 4.39 Å². The smallest absolute Gasteiger partial charge is 0.255 e. The first kappa shape index (κ1) is 15.5. The van der Waals surface area contributed by atoms with Gasteiger partial charge in [-0.1, -0.05) is 11.8 Å². The summed E-state index contributed by atoms with van der Waals surface area (Å²) in [5.41, 5.74) is 0.752. The minimum Gasteiger partial charge on any atom is -0.395 e. The Bertz CT molecular complexity index is 554. The van der Waals surface area contributed by atoms with E-state index in [4.69, 9.17) is 9.84 Å². The highest BCUT2D eigenvalue weighted by atomic mass is 19.1. The van der Waals surface area contributed by atoms with Crippen LogP contribution in [0.25, 0.3) is 0 Å². The standard InChI is InChI=1S/C16H18FNO3/c17-14-5-6-15(13(12-14)4-1-2-9-19)16(20)18-7-3-10-21-11-8-18/h5-6,12,19H,2-3,7-11H2. The number of carbonyl (C=O) groups is 1. The number of carbonyl (C=O) groups excluding carboxylic acids is 1. The van der Waals surface area contributed by atoms with Crippen LogP contribution >= 0.6 is 0 Å². The van der Waals surface area contributed by atoms with Crippen LogP contribution in [-0.2, 0) is 4.74 Å². The van der Waals surface area contributed by atoms with Crippen molar-refractivity contribution in [3.8, 4) is 11.8 Å². The van der Waals surface area contributed by atoms with Crippen molar-refractivity contribution in [1.29, 1.82) is 0 Å². The first-order valence-electron chi connectivity index (χ1n) is 6.98. The molecule has 1 aliphatic rings. The number of rotatable bonds is 2. The number of aliphatic hydroxyl groups excluding tert-OH is 1. The van der Waals surface area contributed by atoms with E-state index >= 15 is 0 Å². The van der Waals surface area contributed by atoms with E-state index in [1.54, 1.807) is 4.90 Å². The molecule has 1 aliphatic heterocycles. The summed E-state index contributed by atoms with van der Waals surface area (Å²) in [6.07, 6.45) is 1.08. The van der Waals surface area contributed by atoms with Crippen LogP contribution in [-0.4, -0.2) is 48.8 Å². The Morgan fingerprint density at radius 3 is 3.05 bits per heavy atom. The van der Waals surface area contributed by atoms with E-state index in [1.807, 2.05) is 0 Å². The minimum atomic E-state index is -0.431. The highest BCUT2D eigenvalue weighted by Crippen LogP contribution is 2.14. The molecule has 1 aromatic carbocycles. The summed E-state index contributed by atoms with van der Waals surface area (Å²) in [5, 5.41) is 8.75.